The predicted octanol–water partition coefficient (Wildman–Crippen LogP) is 1.37. The molecule has 2 amide bonds. The summed E-state index contributed by atoms with van der Waals surface area (Å²) in [6.07, 6.45) is 1.36. The molecule has 1 aromatic carbocycles. The second-order valence-electron chi connectivity index (χ2n) is 5.32. The molecule has 2 heterocycles. The van der Waals surface area contributed by atoms with Gasteiger partial charge in [0.2, 0.25) is 5.91 Å². The number of hydrogen-bond donors (Lipinski definition) is 2. The van der Waals surface area contributed by atoms with Crippen molar-refractivity contribution < 1.29 is 19.1 Å². The van der Waals surface area contributed by atoms with E-state index in [-0.39, 0.29) is 30.6 Å². The van der Waals surface area contributed by atoms with E-state index in [9.17, 15) is 9.59 Å². The number of carbonyl (C=O) groups excluding carboxylic acids is 2. The summed E-state index contributed by atoms with van der Waals surface area (Å²) in [5.74, 6) is 0.393. The molecule has 6 heteroatoms. The van der Waals surface area contributed by atoms with Crippen molar-refractivity contribution in [2.24, 2.45) is 0 Å². The molecular formula is C15H18N2O4. The predicted molar refractivity (Wildman–Crippen MR) is 76.1 cm³/mol. The molecule has 0 spiro atoms. The molecule has 2 N–H and O–H groups in total. The van der Waals surface area contributed by atoms with Crippen LogP contribution in [0, 0.1) is 0 Å². The van der Waals surface area contributed by atoms with Crippen molar-refractivity contribution in [1.29, 1.82) is 0 Å². The Labute approximate surface area is 122 Å². The molecule has 112 valence electrons. The second kappa shape index (κ2) is 5.73. The molecule has 0 aliphatic carbocycles. The molecule has 0 radical (unpaired) electrons. The minimum Gasteiger partial charge on any atom is -0.482 e. The van der Waals surface area contributed by atoms with Crippen LogP contribution in [0.15, 0.2) is 18.2 Å². The van der Waals surface area contributed by atoms with Gasteiger partial charge in [0.1, 0.15) is 11.9 Å². The molecule has 0 bridgehead atoms. The third kappa shape index (κ3) is 3.00. The molecular weight excluding hydrogens is 272 g/mol. The Morgan fingerprint density at radius 3 is 3.10 bits per heavy atom. The van der Waals surface area contributed by atoms with E-state index < -0.39 is 0 Å². The summed E-state index contributed by atoms with van der Waals surface area (Å²) in [6, 6.07) is 5.36. The van der Waals surface area contributed by atoms with Crippen LogP contribution in [0.2, 0.25) is 0 Å². The van der Waals surface area contributed by atoms with Crippen molar-refractivity contribution in [1.82, 2.24) is 5.32 Å². The van der Waals surface area contributed by atoms with Crippen molar-refractivity contribution in [2.45, 2.75) is 31.9 Å². The van der Waals surface area contributed by atoms with Crippen LogP contribution in [0.4, 0.5) is 5.69 Å². The molecule has 1 fully saturated rings. The third-order valence-corrected chi connectivity index (χ3v) is 3.72. The first kappa shape index (κ1) is 13.9. The maximum atomic E-state index is 12.0. The molecule has 21 heavy (non-hydrogen) atoms. The number of fused-ring (bicyclic) bond motifs is 1. The summed E-state index contributed by atoms with van der Waals surface area (Å²) < 4.78 is 10.7. The first-order valence-electron chi connectivity index (χ1n) is 7.12. The molecule has 2 aliphatic rings. The Balaban J connectivity index is 1.69. The number of anilines is 1. The van der Waals surface area contributed by atoms with Gasteiger partial charge in [0.15, 0.2) is 6.61 Å². The van der Waals surface area contributed by atoms with Crippen LogP contribution in [0.25, 0.3) is 0 Å². The molecule has 0 saturated carbocycles. The molecule has 0 unspecified atom stereocenters. The fourth-order valence-electron chi connectivity index (χ4n) is 2.54. The van der Waals surface area contributed by atoms with Gasteiger partial charge in [-0.1, -0.05) is 6.07 Å². The van der Waals surface area contributed by atoms with Crippen LogP contribution < -0.4 is 15.4 Å². The highest BCUT2D eigenvalue weighted by Crippen LogP contribution is 2.30. The second-order valence-corrected chi connectivity index (χ2v) is 5.32. The molecule has 0 aromatic heterocycles. The number of hydrogen-bond acceptors (Lipinski definition) is 4. The van der Waals surface area contributed by atoms with Gasteiger partial charge < -0.3 is 20.1 Å². The van der Waals surface area contributed by atoms with Crippen molar-refractivity contribution in [3.8, 4) is 5.75 Å². The monoisotopic (exact) mass is 290 g/mol. The minimum absolute atomic E-state index is 0.0393. The lowest BCUT2D eigenvalue weighted by atomic mass is 10.1. The standard InChI is InChI=1S/C15H18N2O4/c1-9(16-15(19)13-3-2-6-20-13)10-4-5-12-11(7-10)17-14(18)8-21-12/h4-5,7,9,13H,2-3,6,8H2,1H3,(H,16,19)(H,17,18)/t9-,13-/m1/s1. The fourth-order valence-corrected chi connectivity index (χ4v) is 2.54. The number of nitrogens with one attached hydrogen (secondary N) is 2. The van der Waals surface area contributed by atoms with Gasteiger partial charge in [0, 0.05) is 6.61 Å². The number of ether oxygens (including phenoxy) is 2. The average molecular weight is 290 g/mol. The Morgan fingerprint density at radius 2 is 2.33 bits per heavy atom. The van der Waals surface area contributed by atoms with Crippen LogP contribution >= 0.6 is 0 Å². The highest BCUT2D eigenvalue weighted by molar-refractivity contribution is 5.95. The first-order chi connectivity index (χ1) is 10.1. The third-order valence-electron chi connectivity index (χ3n) is 3.72. The van der Waals surface area contributed by atoms with Gasteiger partial charge in [-0.25, -0.2) is 0 Å². The number of amides is 2. The van der Waals surface area contributed by atoms with Gasteiger partial charge in [-0.2, -0.15) is 0 Å². The highest BCUT2D eigenvalue weighted by atomic mass is 16.5. The van der Waals surface area contributed by atoms with Crippen molar-refractivity contribution in [3.05, 3.63) is 23.8 Å². The van der Waals surface area contributed by atoms with Gasteiger partial charge in [-0.15, -0.1) is 0 Å². The van der Waals surface area contributed by atoms with Crippen LogP contribution in [-0.4, -0.2) is 31.1 Å². The topological polar surface area (TPSA) is 76.7 Å². The van der Waals surface area contributed by atoms with E-state index in [1.54, 1.807) is 6.07 Å². The maximum Gasteiger partial charge on any atom is 0.262 e. The van der Waals surface area contributed by atoms with Crippen molar-refractivity contribution >= 4 is 17.5 Å². The zero-order chi connectivity index (χ0) is 14.8. The Morgan fingerprint density at radius 1 is 1.48 bits per heavy atom. The van der Waals surface area contributed by atoms with Gasteiger partial charge in [0.05, 0.1) is 11.7 Å². The van der Waals surface area contributed by atoms with Crippen LogP contribution in [-0.2, 0) is 14.3 Å². The Bertz CT molecular complexity index is 567. The maximum absolute atomic E-state index is 12.0. The van der Waals surface area contributed by atoms with Gasteiger partial charge >= 0.3 is 0 Å². The Kier molecular flexibility index (Phi) is 3.79. The van der Waals surface area contributed by atoms with E-state index in [2.05, 4.69) is 10.6 Å². The lowest BCUT2D eigenvalue weighted by Crippen LogP contribution is -2.35. The summed E-state index contributed by atoms with van der Waals surface area (Å²) in [5, 5.41) is 5.70. The molecule has 1 aromatic rings. The molecule has 1 saturated heterocycles. The van der Waals surface area contributed by atoms with E-state index >= 15 is 0 Å². The SMILES string of the molecule is C[C@@H](NC(=O)[C@H]1CCCO1)c1ccc2c(c1)NC(=O)CO2. The fraction of sp³-hybridized carbons (Fsp3) is 0.467. The average Bonchev–Trinajstić information content (AvgIpc) is 3.00. The normalized spacial score (nSPS) is 22.0. The summed E-state index contributed by atoms with van der Waals surface area (Å²) in [4.78, 5) is 23.4. The number of rotatable bonds is 3. The largest absolute Gasteiger partial charge is 0.482 e. The smallest absolute Gasteiger partial charge is 0.262 e. The molecule has 3 rings (SSSR count). The highest BCUT2D eigenvalue weighted by Gasteiger charge is 2.25. The van der Waals surface area contributed by atoms with E-state index in [0.29, 0.717) is 18.0 Å². The van der Waals surface area contributed by atoms with E-state index in [1.807, 2.05) is 19.1 Å². The van der Waals surface area contributed by atoms with Gasteiger partial charge in [0.25, 0.3) is 5.91 Å². The molecule has 6 nitrogen and oxygen atoms in total. The van der Waals surface area contributed by atoms with Crippen molar-refractivity contribution in [3.63, 3.8) is 0 Å². The van der Waals surface area contributed by atoms with E-state index in [4.69, 9.17) is 9.47 Å². The summed E-state index contributed by atoms with van der Waals surface area (Å²) >= 11 is 0. The van der Waals surface area contributed by atoms with E-state index in [0.717, 1.165) is 18.4 Å². The first-order valence-corrected chi connectivity index (χ1v) is 7.12. The summed E-state index contributed by atoms with van der Waals surface area (Å²) in [7, 11) is 0. The van der Waals surface area contributed by atoms with Crippen LogP contribution in [0.5, 0.6) is 5.75 Å². The van der Waals surface area contributed by atoms with Crippen LogP contribution in [0.1, 0.15) is 31.4 Å². The number of benzene rings is 1. The number of carbonyl (C=O) groups is 2. The van der Waals surface area contributed by atoms with E-state index in [1.165, 1.54) is 0 Å². The zero-order valence-electron chi connectivity index (χ0n) is 11.8. The lowest BCUT2D eigenvalue weighted by molar-refractivity contribution is -0.130. The quantitative estimate of drug-likeness (QED) is 0.881. The van der Waals surface area contributed by atoms with Crippen molar-refractivity contribution in [2.75, 3.05) is 18.5 Å². The minimum atomic E-state index is -0.340. The summed E-state index contributed by atoms with van der Waals surface area (Å²) in [6.45, 7) is 2.59. The van der Waals surface area contributed by atoms with Gasteiger partial charge in [-0.3, -0.25) is 9.59 Å². The lowest BCUT2D eigenvalue weighted by Gasteiger charge is -2.21. The summed E-state index contributed by atoms with van der Waals surface area (Å²) in [5.41, 5.74) is 1.55. The molecule has 2 atom stereocenters. The Hall–Kier alpha value is -2.08. The zero-order valence-corrected chi connectivity index (χ0v) is 11.8. The van der Waals surface area contributed by atoms with Gasteiger partial charge in [-0.05, 0) is 37.5 Å². The molecule has 2 aliphatic heterocycles. The van der Waals surface area contributed by atoms with Crippen LogP contribution in [0.3, 0.4) is 0 Å².